The van der Waals surface area contributed by atoms with Crippen LogP contribution < -0.4 is 16.0 Å². The lowest BCUT2D eigenvalue weighted by Gasteiger charge is -2.19. The van der Waals surface area contributed by atoms with E-state index in [1.165, 1.54) is 7.11 Å². The average Bonchev–Trinajstić information content (AvgIpc) is 3.38. The number of carboxylic acid groups (broad SMARTS) is 1. The number of fused-ring (bicyclic) bond motifs is 3. The first kappa shape index (κ1) is 24.2. The maximum Gasteiger partial charge on any atom is 0.407 e. The summed E-state index contributed by atoms with van der Waals surface area (Å²) in [5, 5.41) is 16.7. The highest BCUT2D eigenvalue weighted by Crippen LogP contribution is 2.44. The summed E-state index contributed by atoms with van der Waals surface area (Å²) in [5.41, 5.74) is 4.46. The van der Waals surface area contributed by atoms with Crippen LogP contribution in [-0.4, -0.2) is 67.9 Å². The van der Waals surface area contributed by atoms with Crippen molar-refractivity contribution in [3.05, 3.63) is 59.7 Å². The fraction of sp³-hybridized carbons (Fsp3) is 0.360. The van der Waals surface area contributed by atoms with E-state index in [9.17, 15) is 24.3 Å². The first-order chi connectivity index (χ1) is 16.9. The molecular formula is C25H27N3O7. The van der Waals surface area contributed by atoms with E-state index in [4.69, 9.17) is 9.47 Å². The highest BCUT2D eigenvalue weighted by atomic mass is 16.5. The number of hydrogen-bond donors (Lipinski definition) is 4. The molecule has 3 amide bonds. The molecule has 0 spiro atoms. The minimum atomic E-state index is -1.17. The van der Waals surface area contributed by atoms with Gasteiger partial charge in [-0.25, -0.2) is 4.79 Å². The molecule has 1 aliphatic heterocycles. The summed E-state index contributed by atoms with van der Waals surface area (Å²) in [6.45, 7) is 0.112. The Hall–Kier alpha value is -3.92. The smallest absolute Gasteiger partial charge is 0.407 e. The van der Waals surface area contributed by atoms with Gasteiger partial charge in [0.05, 0.1) is 12.5 Å². The monoisotopic (exact) mass is 481 g/mol. The number of nitrogens with one attached hydrogen (secondary N) is 3. The topological polar surface area (TPSA) is 143 Å². The molecule has 0 aromatic heterocycles. The van der Waals surface area contributed by atoms with Gasteiger partial charge in [0.2, 0.25) is 11.8 Å². The Morgan fingerprint density at radius 3 is 2.31 bits per heavy atom. The number of methoxy groups -OCH3 is 1. The van der Waals surface area contributed by atoms with E-state index in [2.05, 4.69) is 28.1 Å². The summed E-state index contributed by atoms with van der Waals surface area (Å²) in [4.78, 5) is 47.8. The first-order valence-electron chi connectivity index (χ1n) is 11.3. The molecule has 4 rings (SSSR count). The Labute approximate surface area is 202 Å². The van der Waals surface area contributed by atoms with Crippen molar-refractivity contribution in [2.24, 2.45) is 5.92 Å². The quantitative estimate of drug-likeness (QED) is 0.422. The predicted octanol–water partition coefficient (Wildman–Crippen LogP) is 1.25. The van der Waals surface area contributed by atoms with Gasteiger partial charge in [0, 0.05) is 26.1 Å². The number of aliphatic carboxylic acids is 1. The molecule has 35 heavy (non-hydrogen) atoms. The van der Waals surface area contributed by atoms with Crippen molar-refractivity contribution in [3.8, 4) is 11.1 Å². The SMILES string of the molecule is COC(CNC(=O)OCC1c2ccccc2-c2ccccc21)CC(=O)NC1C(=O)NCC1C(=O)O. The Kier molecular flexibility index (Phi) is 7.31. The second-order valence-electron chi connectivity index (χ2n) is 8.50. The predicted molar refractivity (Wildman–Crippen MR) is 125 cm³/mol. The number of amides is 3. The lowest BCUT2D eigenvalue weighted by molar-refractivity contribution is -0.143. The number of benzene rings is 2. The van der Waals surface area contributed by atoms with Gasteiger partial charge in [-0.3, -0.25) is 14.4 Å². The molecule has 0 bridgehead atoms. The van der Waals surface area contributed by atoms with Crippen LogP contribution in [0.2, 0.25) is 0 Å². The van der Waals surface area contributed by atoms with E-state index in [1.54, 1.807) is 0 Å². The van der Waals surface area contributed by atoms with Gasteiger partial charge in [-0.05, 0) is 22.3 Å². The molecule has 1 fully saturated rings. The Morgan fingerprint density at radius 1 is 1.09 bits per heavy atom. The van der Waals surface area contributed by atoms with Crippen molar-refractivity contribution in [2.45, 2.75) is 24.5 Å². The minimum Gasteiger partial charge on any atom is -0.481 e. The zero-order chi connectivity index (χ0) is 24.9. The fourth-order valence-corrected chi connectivity index (χ4v) is 4.54. The highest BCUT2D eigenvalue weighted by Gasteiger charge is 2.40. The maximum absolute atomic E-state index is 12.4. The largest absolute Gasteiger partial charge is 0.481 e. The van der Waals surface area contributed by atoms with Crippen LogP contribution in [0.15, 0.2) is 48.5 Å². The standard InChI is InChI=1S/C25H27N3O7/c1-34-14(10-21(29)28-22-19(24(31)32)12-26-23(22)30)11-27-25(33)35-13-20-17-8-4-2-6-15(17)16-7-3-5-9-18(16)20/h2-9,14,19-20,22H,10-13H2,1H3,(H,26,30)(H,27,33)(H,28,29)(H,31,32). The number of carbonyl (C=O) groups is 4. The average molecular weight is 482 g/mol. The molecule has 0 saturated carbocycles. The van der Waals surface area contributed by atoms with Gasteiger partial charge in [-0.15, -0.1) is 0 Å². The van der Waals surface area contributed by atoms with Gasteiger partial charge in [0.15, 0.2) is 0 Å². The molecule has 4 N–H and O–H groups in total. The summed E-state index contributed by atoms with van der Waals surface area (Å²) in [5.74, 6) is -3.38. The van der Waals surface area contributed by atoms with Gasteiger partial charge in [-0.2, -0.15) is 0 Å². The molecule has 184 valence electrons. The lowest BCUT2D eigenvalue weighted by Crippen LogP contribution is -2.47. The van der Waals surface area contributed by atoms with Gasteiger partial charge >= 0.3 is 12.1 Å². The second-order valence-corrected chi connectivity index (χ2v) is 8.50. The molecule has 2 aliphatic rings. The van der Waals surface area contributed by atoms with Crippen molar-refractivity contribution in [3.63, 3.8) is 0 Å². The van der Waals surface area contributed by atoms with Crippen LogP contribution in [-0.2, 0) is 23.9 Å². The number of carboxylic acids is 1. The minimum absolute atomic E-state index is 0.000182. The number of rotatable bonds is 9. The molecule has 1 saturated heterocycles. The Balaban J connectivity index is 1.27. The van der Waals surface area contributed by atoms with Gasteiger partial charge < -0.3 is 30.5 Å². The second kappa shape index (κ2) is 10.6. The fourth-order valence-electron chi connectivity index (χ4n) is 4.54. The number of hydrogen-bond acceptors (Lipinski definition) is 6. The van der Waals surface area contributed by atoms with Crippen molar-refractivity contribution >= 4 is 23.9 Å². The lowest BCUT2D eigenvalue weighted by atomic mass is 9.98. The summed E-state index contributed by atoms with van der Waals surface area (Å²) >= 11 is 0. The number of ether oxygens (including phenoxy) is 2. The summed E-state index contributed by atoms with van der Waals surface area (Å²) < 4.78 is 10.7. The zero-order valence-corrected chi connectivity index (χ0v) is 19.2. The molecular weight excluding hydrogens is 454 g/mol. The van der Waals surface area contributed by atoms with Crippen LogP contribution in [0.1, 0.15) is 23.5 Å². The van der Waals surface area contributed by atoms with E-state index < -0.39 is 41.9 Å². The normalized spacial score (nSPS) is 19.3. The van der Waals surface area contributed by atoms with Crippen LogP contribution in [0.25, 0.3) is 11.1 Å². The van der Waals surface area contributed by atoms with E-state index in [-0.39, 0.29) is 32.0 Å². The van der Waals surface area contributed by atoms with E-state index in [0.29, 0.717) is 0 Å². The third kappa shape index (κ3) is 5.27. The Bertz CT molecular complexity index is 1090. The third-order valence-corrected chi connectivity index (χ3v) is 6.38. The maximum atomic E-state index is 12.4. The molecule has 1 heterocycles. The van der Waals surface area contributed by atoms with Crippen LogP contribution >= 0.6 is 0 Å². The Morgan fingerprint density at radius 2 is 1.71 bits per heavy atom. The van der Waals surface area contributed by atoms with E-state index in [1.807, 2.05) is 36.4 Å². The molecule has 2 aromatic rings. The van der Waals surface area contributed by atoms with Crippen LogP contribution in [0.5, 0.6) is 0 Å². The molecule has 10 heteroatoms. The van der Waals surface area contributed by atoms with Crippen LogP contribution in [0.3, 0.4) is 0 Å². The highest BCUT2D eigenvalue weighted by molar-refractivity contribution is 5.94. The first-order valence-corrected chi connectivity index (χ1v) is 11.3. The summed E-state index contributed by atoms with van der Waals surface area (Å²) in [7, 11) is 1.39. The van der Waals surface area contributed by atoms with Crippen molar-refractivity contribution in [2.75, 3.05) is 26.8 Å². The number of carbonyl (C=O) groups excluding carboxylic acids is 3. The van der Waals surface area contributed by atoms with Gasteiger partial charge in [-0.1, -0.05) is 48.5 Å². The van der Waals surface area contributed by atoms with Crippen molar-refractivity contribution in [1.29, 1.82) is 0 Å². The van der Waals surface area contributed by atoms with Gasteiger partial charge in [0.1, 0.15) is 18.6 Å². The molecule has 2 aromatic carbocycles. The molecule has 3 unspecified atom stereocenters. The van der Waals surface area contributed by atoms with Gasteiger partial charge in [0.25, 0.3) is 0 Å². The molecule has 3 atom stereocenters. The zero-order valence-electron chi connectivity index (χ0n) is 19.2. The molecule has 1 aliphatic carbocycles. The van der Waals surface area contributed by atoms with E-state index in [0.717, 1.165) is 22.3 Å². The summed E-state index contributed by atoms with van der Waals surface area (Å²) in [6.07, 6.45) is -1.50. The van der Waals surface area contributed by atoms with Crippen molar-refractivity contribution < 1.29 is 33.8 Å². The molecule has 0 radical (unpaired) electrons. The number of alkyl carbamates (subject to hydrolysis) is 1. The summed E-state index contributed by atoms with van der Waals surface area (Å²) in [6, 6.07) is 14.9. The van der Waals surface area contributed by atoms with E-state index >= 15 is 0 Å². The van der Waals surface area contributed by atoms with Crippen LogP contribution in [0, 0.1) is 5.92 Å². The van der Waals surface area contributed by atoms with Crippen LogP contribution in [0.4, 0.5) is 4.79 Å². The van der Waals surface area contributed by atoms with Crippen molar-refractivity contribution in [1.82, 2.24) is 16.0 Å². The third-order valence-electron chi connectivity index (χ3n) is 6.38. The molecule has 10 nitrogen and oxygen atoms in total.